The Bertz CT molecular complexity index is 1300. The van der Waals surface area contributed by atoms with Crippen LogP contribution in [0.1, 0.15) is 85.5 Å². The number of hydrogen-bond acceptors (Lipinski definition) is 14. The van der Waals surface area contributed by atoms with Gasteiger partial charge >= 0.3 is 0 Å². The number of aliphatic hydroxyl groups is 8. The topological polar surface area (TPSA) is 217 Å². The largest absolute Gasteiger partial charge is 0.394 e. The zero-order valence-electron chi connectivity index (χ0n) is 31.6. The number of ether oxygens (including phenoxy) is 6. The Morgan fingerprint density at radius 1 is 0.660 bits per heavy atom. The summed E-state index contributed by atoms with van der Waals surface area (Å²) >= 11 is 0. The third-order valence-corrected chi connectivity index (χ3v) is 16.2. The van der Waals surface area contributed by atoms with E-state index in [1.54, 1.807) is 0 Å². The Kier molecular flexibility index (Phi) is 10.6. The first-order chi connectivity index (χ1) is 25.2. The summed E-state index contributed by atoms with van der Waals surface area (Å²) < 4.78 is 37.3. The molecule has 0 aromatic heterocycles. The van der Waals surface area contributed by atoms with Gasteiger partial charge in [0.05, 0.1) is 38.1 Å². The van der Waals surface area contributed by atoms with E-state index in [1.165, 1.54) is 0 Å². The molecule has 4 aliphatic carbocycles. The molecule has 14 nitrogen and oxygen atoms in total. The summed E-state index contributed by atoms with van der Waals surface area (Å²) in [5, 5.41) is 84.7. The molecule has 304 valence electrons. The number of aliphatic hydroxyl groups excluding tert-OH is 8. The van der Waals surface area contributed by atoms with Gasteiger partial charge in [-0.15, -0.1) is 0 Å². The van der Waals surface area contributed by atoms with Gasteiger partial charge in [-0.05, 0) is 97.7 Å². The molecule has 53 heavy (non-hydrogen) atoms. The molecule has 0 radical (unpaired) electrons. The summed E-state index contributed by atoms with van der Waals surface area (Å²) in [6.07, 6.45) is -7.68. The summed E-state index contributed by atoms with van der Waals surface area (Å²) in [5.74, 6) is 2.16. The van der Waals surface area contributed by atoms with E-state index in [2.05, 4.69) is 27.7 Å². The van der Waals surface area contributed by atoms with E-state index >= 15 is 0 Å². The molecule has 8 aliphatic rings. The van der Waals surface area contributed by atoms with Gasteiger partial charge in [0, 0.05) is 12.3 Å². The molecule has 0 bridgehead atoms. The van der Waals surface area contributed by atoms with Gasteiger partial charge in [-0.3, -0.25) is 0 Å². The lowest BCUT2D eigenvalue weighted by Gasteiger charge is -2.62. The van der Waals surface area contributed by atoms with E-state index in [9.17, 15) is 40.9 Å². The first-order valence-electron chi connectivity index (χ1n) is 20.4. The molecule has 14 heteroatoms. The number of hydrogen-bond donors (Lipinski definition) is 8. The molecule has 4 saturated heterocycles. The minimum absolute atomic E-state index is 0.0404. The maximum absolute atomic E-state index is 12.0. The van der Waals surface area contributed by atoms with Crippen molar-refractivity contribution in [2.45, 2.75) is 171 Å². The van der Waals surface area contributed by atoms with Crippen LogP contribution in [0.25, 0.3) is 0 Å². The fraction of sp³-hybridized carbons (Fsp3) is 1.00. The minimum atomic E-state index is -1.74. The number of rotatable bonds is 6. The van der Waals surface area contributed by atoms with Crippen LogP contribution in [0.2, 0.25) is 0 Å². The molecule has 8 rings (SSSR count). The molecule has 4 saturated carbocycles. The lowest BCUT2D eigenvalue weighted by molar-refractivity contribution is -0.373. The fourth-order valence-electron chi connectivity index (χ4n) is 13.2. The summed E-state index contributed by atoms with van der Waals surface area (Å²) in [6.45, 7) is 8.93. The van der Waals surface area contributed by atoms with Crippen molar-refractivity contribution in [1.29, 1.82) is 0 Å². The van der Waals surface area contributed by atoms with E-state index < -0.39 is 92.6 Å². The first-order valence-corrected chi connectivity index (χ1v) is 20.4. The van der Waals surface area contributed by atoms with Crippen LogP contribution in [0.15, 0.2) is 0 Å². The van der Waals surface area contributed by atoms with Gasteiger partial charge in [0.2, 0.25) is 0 Å². The van der Waals surface area contributed by atoms with Crippen LogP contribution in [-0.4, -0.2) is 146 Å². The van der Waals surface area contributed by atoms with Crippen molar-refractivity contribution in [3.05, 3.63) is 0 Å². The molecule has 4 aliphatic heterocycles. The van der Waals surface area contributed by atoms with Crippen LogP contribution in [0, 0.1) is 52.3 Å². The fourth-order valence-corrected chi connectivity index (χ4v) is 13.2. The average molecular weight is 757 g/mol. The third kappa shape index (κ3) is 6.20. The predicted octanol–water partition coefficient (Wildman–Crippen LogP) is 0.413. The zero-order valence-corrected chi connectivity index (χ0v) is 31.6. The summed E-state index contributed by atoms with van der Waals surface area (Å²) in [5.41, 5.74) is 0.0217. The quantitative estimate of drug-likeness (QED) is 0.173. The van der Waals surface area contributed by atoms with Crippen molar-refractivity contribution in [2.24, 2.45) is 52.3 Å². The highest BCUT2D eigenvalue weighted by Crippen LogP contribution is 2.71. The molecule has 23 atom stereocenters. The van der Waals surface area contributed by atoms with E-state index in [0.29, 0.717) is 48.3 Å². The van der Waals surface area contributed by atoms with Crippen molar-refractivity contribution < 1.29 is 69.3 Å². The van der Waals surface area contributed by atoms with Crippen LogP contribution in [0.5, 0.6) is 0 Å². The monoisotopic (exact) mass is 756 g/mol. The lowest BCUT2D eigenvalue weighted by Crippen LogP contribution is -2.65. The Hall–Kier alpha value is -0.560. The maximum Gasteiger partial charge on any atom is 0.187 e. The predicted molar refractivity (Wildman–Crippen MR) is 184 cm³/mol. The van der Waals surface area contributed by atoms with Crippen LogP contribution in [0.3, 0.4) is 0 Å². The molecule has 1 spiro atoms. The van der Waals surface area contributed by atoms with E-state index in [1.807, 2.05) is 0 Å². The second-order valence-electron chi connectivity index (χ2n) is 18.8. The van der Waals surface area contributed by atoms with E-state index in [0.717, 1.165) is 51.6 Å². The highest BCUT2D eigenvalue weighted by molar-refractivity contribution is 5.16. The molecular weight excluding hydrogens is 692 g/mol. The Balaban J connectivity index is 0.961. The molecule has 0 aromatic rings. The summed E-state index contributed by atoms with van der Waals surface area (Å²) in [6, 6.07) is 0. The van der Waals surface area contributed by atoms with Gasteiger partial charge in [-0.2, -0.15) is 0 Å². The molecule has 0 amide bonds. The normalized spacial score (nSPS) is 59.5. The van der Waals surface area contributed by atoms with Crippen molar-refractivity contribution >= 4 is 0 Å². The highest BCUT2D eigenvalue weighted by atomic mass is 16.8. The molecular formula is C39H64O14. The molecule has 8 N–H and O–H groups in total. The Labute approximate surface area is 312 Å². The van der Waals surface area contributed by atoms with Crippen molar-refractivity contribution in [3.8, 4) is 0 Å². The second kappa shape index (κ2) is 14.4. The zero-order chi connectivity index (χ0) is 37.8. The van der Waals surface area contributed by atoms with Crippen molar-refractivity contribution in [2.75, 3.05) is 19.8 Å². The van der Waals surface area contributed by atoms with Gasteiger partial charge in [0.1, 0.15) is 48.8 Å². The van der Waals surface area contributed by atoms with E-state index in [-0.39, 0.29) is 22.9 Å². The van der Waals surface area contributed by atoms with E-state index in [4.69, 9.17) is 28.4 Å². The molecule has 0 unspecified atom stereocenters. The average Bonchev–Trinajstić information content (AvgIpc) is 3.58. The first kappa shape index (κ1) is 39.3. The van der Waals surface area contributed by atoms with Gasteiger partial charge in [-0.25, -0.2) is 0 Å². The van der Waals surface area contributed by atoms with Crippen molar-refractivity contribution in [1.82, 2.24) is 0 Å². The molecule has 0 aromatic carbocycles. The van der Waals surface area contributed by atoms with Gasteiger partial charge in [0.25, 0.3) is 0 Å². The van der Waals surface area contributed by atoms with Crippen molar-refractivity contribution in [3.63, 3.8) is 0 Å². The number of fused-ring (bicyclic) bond motifs is 7. The lowest BCUT2D eigenvalue weighted by atomic mass is 9.43. The highest BCUT2D eigenvalue weighted by Gasteiger charge is 2.70. The van der Waals surface area contributed by atoms with Crippen LogP contribution in [0.4, 0.5) is 0 Å². The molecule has 4 heterocycles. The van der Waals surface area contributed by atoms with Crippen LogP contribution < -0.4 is 0 Å². The SMILES string of the molecule is C[C@@H]1CC[C@@]2(OC1)O[C@H]1C[C@H]3[C@@H]4C[C@H](O)[C@H]5C[C@@H](O[C@@H]6O[C@H](CO)[C@@H](O)[C@H](O)[C@H]6O[C@@H]6O[C@H](CO)[C@H](O)[C@H](O)[C@H]6O)CC[C@]5(C)[C@H]4CC[C@]3(C)[C@H]1[C@@H]2C. The minimum Gasteiger partial charge on any atom is -0.394 e. The third-order valence-electron chi connectivity index (χ3n) is 16.2. The second-order valence-corrected chi connectivity index (χ2v) is 18.8. The Morgan fingerprint density at radius 2 is 1.34 bits per heavy atom. The van der Waals surface area contributed by atoms with Crippen LogP contribution >= 0.6 is 0 Å². The van der Waals surface area contributed by atoms with Gasteiger partial charge in [0.15, 0.2) is 18.4 Å². The van der Waals surface area contributed by atoms with Crippen LogP contribution in [-0.2, 0) is 28.4 Å². The summed E-state index contributed by atoms with van der Waals surface area (Å²) in [4.78, 5) is 0. The smallest absolute Gasteiger partial charge is 0.187 e. The summed E-state index contributed by atoms with van der Waals surface area (Å²) in [7, 11) is 0. The maximum atomic E-state index is 12.0. The standard InChI is InChI=1S/C39H64O14/c1-17-5-10-39(48-16-17)18(2)28-25(53-39)13-22-20-12-24(42)23-11-19(6-8-37(23,3)21(20)7-9-38(22,28)4)49-36-34(32(46)30(44)27(15-41)51-36)52-35-33(47)31(45)29(43)26(14-40)50-35/h17-36,40-47H,5-16H2,1-4H3/t17-,18+,19+,20-,21+,22+,23-,24+,25+,26-,27-,28+,29+,30-,31+,32+,33-,34-,35+,36-,37-,38+,39-/m1/s1. The van der Waals surface area contributed by atoms with Gasteiger partial charge < -0.3 is 69.3 Å². The van der Waals surface area contributed by atoms with Gasteiger partial charge in [-0.1, -0.05) is 27.7 Å². The Morgan fingerprint density at radius 3 is 2.02 bits per heavy atom. The molecule has 8 fully saturated rings.